The van der Waals surface area contributed by atoms with Gasteiger partial charge >= 0.3 is 0 Å². The fourth-order valence-corrected chi connectivity index (χ4v) is 1.63. The highest BCUT2D eigenvalue weighted by Crippen LogP contribution is 2.14. The van der Waals surface area contributed by atoms with Gasteiger partial charge < -0.3 is 9.47 Å². The lowest BCUT2D eigenvalue weighted by Crippen LogP contribution is -2.08. The van der Waals surface area contributed by atoms with Gasteiger partial charge in [0.15, 0.2) is 11.7 Å². The average Bonchev–Trinajstić information content (AvgIpc) is 2.83. The quantitative estimate of drug-likeness (QED) is 0.731. The van der Waals surface area contributed by atoms with Gasteiger partial charge in [0.25, 0.3) is 0 Å². The second-order valence-corrected chi connectivity index (χ2v) is 3.68. The van der Waals surface area contributed by atoms with E-state index in [-0.39, 0.29) is 12.2 Å². The van der Waals surface area contributed by atoms with Gasteiger partial charge in [0.05, 0.1) is 19.6 Å². The molecule has 0 amide bonds. The molecular weight excluding hydrogens is 218 g/mol. The minimum Gasteiger partial charge on any atom is -0.494 e. The summed E-state index contributed by atoms with van der Waals surface area (Å²) in [7, 11) is 0. The Hall–Kier alpha value is -1.84. The van der Waals surface area contributed by atoms with Crippen molar-refractivity contribution in [1.29, 1.82) is 0 Å². The van der Waals surface area contributed by atoms with Crippen molar-refractivity contribution in [2.24, 2.45) is 4.99 Å². The summed E-state index contributed by atoms with van der Waals surface area (Å²) in [6.07, 6.45) is 0.244. The first-order chi connectivity index (χ1) is 8.29. The van der Waals surface area contributed by atoms with E-state index in [0.29, 0.717) is 31.2 Å². The number of aliphatic imine (C=N–C) groups is 1. The molecule has 0 atom stereocenters. The van der Waals surface area contributed by atoms with Crippen molar-refractivity contribution in [2.45, 2.75) is 13.3 Å². The largest absolute Gasteiger partial charge is 0.494 e. The van der Waals surface area contributed by atoms with E-state index < -0.39 is 0 Å². The van der Waals surface area contributed by atoms with E-state index in [1.165, 1.54) is 0 Å². The molecule has 0 bridgehead atoms. The molecule has 0 aromatic heterocycles. The number of ketones is 1. The molecule has 2 rings (SSSR count). The molecule has 0 unspecified atom stereocenters. The number of rotatable bonds is 5. The van der Waals surface area contributed by atoms with Gasteiger partial charge in [0.1, 0.15) is 12.4 Å². The number of nitrogens with zero attached hydrogens (tertiary/aromatic N) is 1. The molecule has 0 spiro atoms. The summed E-state index contributed by atoms with van der Waals surface area (Å²) in [4.78, 5) is 16.0. The first-order valence-electron chi connectivity index (χ1n) is 5.72. The first-order valence-corrected chi connectivity index (χ1v) is 5.72. The first kappa shape index (κ1) is 11.6. The van der Waals surface area contributed by atoms with E-state index in [0.717, 1.165) is 5.75 Å². The van der Waals surface area contributed by atoms with Crippen molar-refractivity contribution < 1.29 is 14.3 Å². The summed E-state index contributed by atoms with van der Waals surface area (Å²) < 4.78 is 10.5. The molecule has 0 radical (unpaired) electrons. The highest BCUT2D eigenvalue weighted by molar-refractivity contribution is 6.07. The molecule has 4 nitrogen and oxygen atoms in total. The fourth-order valence-electron chi connectivity index (χ4n) is 1.63. The number of Topliss-reactive ketones (excluding diaryl/α,β-unsaturated/α-hetero) is 1. The van der Waals surface area contributed by atoms with Gasteiger partial charge in [-0.3, -0.25) is 9.79 Å². The van der Waals surface area contributed by atoms with E-state index in [1.807, 2.05) is 6.92 Å². The Labute approximate surface area is 100 Å². The van der Waals surface area contributed by atoms with Crippen molar-refractivity contribution in [3.05, 3.63) is 29.8 Å². The van der Waals surface area contributed by atoms with Crippen LogP contribution in [0.2, 0.25) is 0 Å². The number of benzene rings is 1. The summed E-state index contributed by atoms with van der Waals surface area (Å²) in [5.41, 5.74) is 0.659. The summed E-state index contributed by atoms with van der Waals surface area (Å²) in [5.74, 6) is 1.34. The number of hydrogen-bond donors (Lipinski definition) is 0. The third kappa shape index (κ3) is 3.06. The van der Waals surface area contributed by atoms with Gasteiger partial charge in [-0.2, -0.15) is 0 Å². The van der Waals surface area contributed by atoms with Gasteiger partial charge in [-0.05, 0) is 31.2 Å². The lowest BCUT2D eigenvalue weighted by atomic mass is 10.1. The second kappa shape index (κ2) is 5.48. The van der Waals surface area contributed by atoms with Crippen molar-refractivity contribution in [3.8, 4) is 5.75 Å². The van der Waals surface area contributed by atoms with Crippen LogP contribution in [0.4, 0.5) is 0 Å². The molecule has 1 heterocycles. The van der Waals surface area contributed by atoms with Crippen LogP contribution in [0.1, 0.15) is 23.7 Å². The lowest BCUT2D eigenvalue weighted by molar-refractivity contribution is 0.0994. The van der Waals surface area contributed by atoms with Crippen molar-refractivity contribution >= 4 is 11.7 Å². The molecule has 0 fully saturated rings. The van der Waals surface area contributed by atoms with Crippen LogP contribution >= 0.6 is 0 Å². The Bertz CT molecular complexity index is 423. The summed E-state index contributed by atoms with van der Waals surface area (Å²) in [6, 6.07) is 7.13. The Morgan fingerprint density at radius 1 is 1.41 bits per heavy atom. The van der Waals surface area contributed by atoms with Gasteiger partial charge in [-0.15, -0.1) is 0 Å². The molecule has 0 saturated carbocycles. The summed E-state index contributed by atoms with van der Waals surface area (Å²) in [5, 5.41) is 0. The Kier molecular flexibility index (Phi) is 3.75. The van der Waals surface area contributed by atoms with E-state index >= 15 is 0 Å². The van der Waals surface area contributed by atoms with Gasteiger partial charge in [-0.1, -0.05) is 0 Å². The monoisotopic (exact) mass is 233 g/mol. The average molecular weight is 233 g/mol. The summed E-state index contributed by atoms with van der Waals surface area (Å²) in [6.45, 7) is 3.80. The molecule has 1 aromatic carbocycles. The SMILES string of the molecule is CCOc1ccc(C(=O)CC2=NCCO2)cc1. The Morgan fingerprint density at radius 3 is 2.76 bits per heavy atom. The van der Waals surface area contributed by atoms with Crippen LogP contribution in [0.5, 0.6) is 5.75 Å². The fraction of sp³-hybridized carbons (Fsp3) is 0.385. The highest BCUT2D eigenvalue weighted by Gasteiger charge is 2.14. The molecule has 90 valence electrons. The molecule has 1 aliphatic rings. The summed E-state index contributed by atoms with van der Waals surface area (Å²) >= 11 is 0. The minimum absolute atomic E-state index is 0.0219. The normalized spacial score (nSPS) is 14.1. The molecule has 1 aliphatic heterocycles. The van der Waals surface area contributed by atoms with Crippen molar-refractivity contribution in [3.63, 3.8) is 0 Å². The van der Waals surface area contributed by atoms with Gasteiger partial charge in [0.2, 0.25) is 0 Å². The van der Waals surface area contributed by atoms with E-state index in [9.17, 15) is 4.79 Å². The predicted octanol–water partition coefficient (Wildman–Crippen LogP) is 2.09. The van der Waals surface area contributed by atoms with Crippen LogP contribution < -0.4 is 4.74 Å². The zero-order valence-corrected chi connectivity index (χ0v) is 9.81. The second-order valence-electron chi connectivity index (χ2n) is 3.68. The van der Waals surface area contributed by atoms with E-state index in [1.54, 1.807) is 24.3 Å². The van der Waals surface area contributed by atoms with E-state index in [4.69, 9.17) is 9.47 Å². The Balaban J connectivity index is 1.98. The molecular formula is C13H15NO3. The topological polar surface area (TPSA) is 47.9 Å². The highest BCUT2D eigenvalue weighted by atomic mass is 16.5. The van der Waals surface area contributed by atoms with Crippen molar-refractivity contribution in [1.82, 2.24) is 0 Å². The van der Waals surface area contributed by atoms with E-state index in [2.05, 4.69) is 4.99 Å². The lowest BCUT2D eigenvalue weighted by Gasteiger charge is -2.04. The van der Waals surface area contributed by atoms with Crippen LogP contribution in [0.3, 0.4) is 0 Å². The smallest absolute Gasteiger partial charge is 0.191 e. The van der Waals surface area contributed by atoms with Crippen molar-refractivity contribution in [2.75, 3.05) is 19.8 Å². The maximum absolute atomic E-state index is 11.9. The van der Waals surface area contributed by atoms with Crippen LogP contribution in [0, 0.1) is 0 Å². The molecule has 1 aromatic rings. The van der Waals surface area contributed by atoms with Crippen LogP contribution in [-0.4, -0.2) is 31.4 Å². The molecule has 4 heteroatoms. The van der Waals surface area contributed by atoms with Gasteiger partial charge in [0, 0.05) is 5.56 Å². The maximum atomic E-state index is 11.9. The third-order valence-corrected chi connectivity index (χ3v) is 2.45. The number of ether oxygens (including phenoxy) is 2. The van der Waals surface area contributed by atoms with Gasteiger partial charge in [-0.25, -0.2) is 0 Å². The number of carbonyl (C=O) groups excluding carboxylic acids is 1. The molecule has 0 N–H and O–H groups in total. The molecule has 0 saturated heterocycles. The molecule has 0 aliphatic carbocycles. The van der Waals surface area contributed by atoms with Crippen LogP contribution in [-0.2, 0) is 4.74 Å². The molecule has 17 heavy (non-hydrogen) atoms. The zero-order valence-electron chi connectivity index (χ0n) is 9.81. The van der Waals surface area contributed by atoms with Crippen LogP contribution in [0.15, 0.2) is 29.3 Å². The van der Waals surface area contributed by atoms with Crippen LogP contribution in [0.25, 0.3) is 0 Å². The Morgan fingerprint density at radius 2 is 2.18 bits per heavy atom. The zero-order chi connectivity index (χ0) is 12.1. The number of carbonyl (C=O) groups is 1. The standard InChI is InChI=1S/C13H15NO3/c1-2-16-11-5-3-10(4-6-11)12(15)9-13-14-7-8-17-13/h3-6H,2,7-9H2,1H3. The maximum Gasteiger partial charge on any atom is 0.191 e. The predicted molar refractivity (Wildman–Crippen MR) is 64.8 cm³/mol. The minimum atomic E-state index is 0.0219. The third-order valence-electron chi connectivity index (χ3n) is 2.45. The number of hydrogen-bond acceptors (Lipinski definition) is 4.